The molecule has 5 rings (SSSR count). The first-order valence-electron chi connectivity index (χ1n) is 13.1. The average Bonchev–Trinajstić information content (AvgIpc) is 3.32. The number of halogens is 2. The van der Waals surface area contributed by atoms with Crippen molar-refractivity contribution < 1.29 is 14.3 Å². The van der Waals surface area contributed by atoms with E-state index in [1.54, 1.807) is 12.1 Å². The molecule has 3 aliphatic heterocycles. The van der Waals surface area contributed by atoms with Crippen LogP contribution in [0.25, 0.3) is 10.9 Å². The third kappa shape index (κ3) is 6.96. The molecule has 1 aromatic heterocycles. The van der Waals surface area contributed by atoms with Crippen LogP contribution in [0.2, 0.25) is 5.02 Å². The van der Waals surface area contributed by atoms with Crippen molar-refractivity contribution in [3.05, 3.63) is 35.0 Å². The third-order valence-corrected chi connectivity index (χ3v) is 8.04. The van der Waals surface area contributed by atoms with E-state index >= 15 is 0 Å². The molecule has 0 saturated carbocycles. The molecular formula is C26H38Cl2N6O3. The SMILES string of the molecule is CN1CCC(N2CCN(C(=O)[C@@H](CN3CCOCC3)NC(=O)c3cc4cc(Cl)ccc4[nH]3)CC2)CC1.Cl. The van der Waals surface area contributed by atoms with Crippen molar-refractivity contribution in [2.75, 3.05) is 79.2 Å². The number of piperazine rings is 1. The van der Waals surface area contributed by atoms with Gasteiger partial charge in [0.2, 0.25) is 5.91 Å². The fourth-order valence-corrected chi connectivity index (χ4v) is 5.76. The maximum absolute atomic E-state index is 13.7. The highest BCUT2D eigenvalue weighted by Crippen LogP contribution is 2.21. The molecule has 1 aromatic carbocycles. The van der Waals surface area contributed by atoms with E-state index < -0.39 is 6.04 Å². The normalized spacial score (nSPS) is 21.5. The summed E-state index contributed by atoms with van der Waals surface area (Å²) in [6.45, 7) is 8.74. The lowest BCUT2D eigenvalue weighted by Crippen LogP contribution is -2.60. The van der Waals surface area contributed by atoms with E-state index in [-0.39, 0.29) is 24.2 Å². The third-order valence-electron chi connectivity index (χ3n) is 7.81. The predicted octanol–water partition coefficient (Wildman–Crippen LogP) is 1.91. The molecule has 2 amide bonds. The van der Waals surface area contributed by atoms with Crippen molar-refractivity contribution in [3.8, 4) is 0 Å². The first-order valence-corrected chi connectivity index (χ1v) is 13.4. The van der Waals surface area contributed by atoms with Gasteiger partial charge in [-0.05, 0) is 57.2 Å². The van der Waals surface area contributed by atoms with Crippen molar-refractivity contribution in [2.45, 2.75) is 24.9 Å². The highest BCUT2D eigenvalue weighted by molar-refractivity contribution is 6.31. The number of benzene rings is 1. The van der Waals surface area contributed by atoms with Crippen LogP contribution in [0.3, 0.4) is 0 Å². The second-order valence-corrected chi connectivity index (χ2v) is 10.7. The Balaban J connectivity index is 0.00000320. The number of carbonyl (C=O) groups excluding carboxylic acids is 2. The molecular weight excluding hydrogens is 515 g/mol. The highest BCUT2D eigenvalue weighted by atomic mass is 35.5. The number of morpholine rings is 1. The molecule has 204 valence electrons. The maximum Gasteiger partial charge on any atom is 0.268 e. The molecule has 0 bridgehead atoms. The van der Waals surface area contributed by atoms with Crippen molar-refractivity contribution in [2.24, 2.45) is 0 Å². The number of fused-ring (bicyclic) bond motifs is 1. The molecule has 3 fully saturated rings. The fraction of sp³-hybridized carbons (Fsp3) is 0.615. The van der Waals surface area contributed by atoms with Crippen LogP contribution in [0.15, 0.2) is 24.3 Å². The number of ether oxygens (including phenoxy) is 1. The summed E-state index contributed by atoms with van der Waals surface area (Å²) in [5.41, 5.74) is 1.27. The number of rotatable bonds is 6. The number of aromatic nitrogens is 1. The molecule has 2 N–H and O–H groups in total. The van der Waals surface area contributed by atoms with Gasteiger partial charge in [0.25, 0.3) is 5.91 Å². The average molecular weight is 554 g/mol. The van der Waals surface area contributed by atoms with E-state index in [2.05, 4.69) is 32.0 Å². The van der Waals surface area contributed by atoms with Gasteiger partial charge in [0.15, 0.2) is 0 Å². The first kappa shape index (κ1) is 28.1. The summed E-state index contributed by atoms with van der Waals surface area (Å²) >= 11 is 6.11. The largest absolute Gasteiger partial charge is 0.379 e. The van der Waals surface area contributed by atoms with Crippen LogP contribution in [0, 0.1) is 0 Å². The summed E-state index contributed by atoms with van der Waals surface area (Å²) in [5.74, 6) is -0.282. The number of nitrogens with one attached hydrogen (secondary N) is 2. The van der Waals surface area contributed by atoms with Crippen LogP contribution in [-0.4, -0.2) is 128 Å². The molecule has 4 heterocycles. The van der Waals surface area contributed by atoms with Gasteiger partial charge in [0, 0.05) is 67.8 Å². The summed E-state index contributed by atoms with van der Waals surface area (Å²) in [6.07, 6.45) is 2.38. The van der Waals surface area contributed by atoms with Crippen molar-refractivity contribution in [3.63, 3.8) is 0 Å². The molecule has 1 atom stereocenters. The van der Waals surface area contributed by atoms with E-state index in [9.17, 15) is 9.59 Å². The highest BCUT2D eigenvalue weighted by Gasteiger charge is 2.33. The van der Waals surface area contributed by atoms with Gasteiger partial charge in [-0.2, -0.15) is 0 Å². The van der Waals surface area contributed by atoms with Gasteiger partial charge >= 0.3 is 0 Å². The zero-order valence-corrected chi connectivity index (χ0v) is 23.0. The van der Waals surface area contributed by atoms with Gasteiger partial charge in [-0.1, -0.05) is 11.6 Å². The maximum atomic E-state index is 13.7. The Morgan fingerprint density at radius 2 is 1.76 bits per heavy atom. The van der Waals surface area contributed by atoms with Crippen molar-refractivity contribution in [1.29, 1.82) is 0 Å². The van der Waals surface area contributed by atoms with E-state index in [4.69, 9.17) is 16.3 Å². The summed E-state index contributed by atoms with van der Waals surface area (Å²) < 4.78 is 5.48. The van der Waals surface area contributed by atoms with Crippen LogP contribution < -0.4 is 5.32 Å². The number of likely N-dealkylation sites (tertiary alicyclic amines) is 1. The number of aromatic amines is 1. The Labute approximate surface area is 229 Å². The molecule has 0 radical (unpaired) electrons. The van der Waals surface area contributed by atoms with Crippen LogP contribution >= 0.6 is 24.0 Å². The number of carbonyl (C=O) groups is 2. The second-order valence-electron chi connectivity index (χ2n) is 10.2. The summed E-state index contributed by atoms with van der Waals surface area (Å²) in [5, 5.41) is 4.52. The van der Waals surface area contributed by atoms with E-state index in [0.29, 0.717) is 49.6 Å². The number of hydrogen-bond acceptors (Lipinski definition) is 6. The Kier molecular flexibility index (Phi) is 9.72. The van der Waals surface area contributed by atoms with E-state index in [1.807, 2.05) is 17.0 Å². The topological polar surface area (TPSA) is 84.2 Å². The Bertz CT molecular complexity index is 1060. The zero-order valence-electron chi connectivity index (χ0n) is 21.5. The predicted molar refractivity (Wildman–Crippen MR) is 148 cm³/mol. The Hall–Kier alpha value is -1.88. The summed E-state index contributed by atoms with van der Waals surface area (Å²) in [7, 11) is 2.18. The lowest BCUT2D eigenvalue weighted by Gasteiger charge is -2.43. The van der Waals surface area contributed by atoms with Gasteiger partial charge < -0.3 is 24.8 Å². The molecule has 11 heteroatoms. The number of amides is 2. The minimum absolute atomic E-state index is 0. The first-order chi connectivity index (χ1) is 17.5. The molecule has 3 saturated heterocycles. The van der Waals surface area contributed by atoms with Crippen LogP contribution in [0.1, 0.15) is 23.3 Å². The zero-order chi connectivity index (χ0) is 25.1. The number of piperidine rings is 1. The van der Waals surface area contributed by atoms with Gasteiger partial charge in [-0.25, -0.2) is 0 Å². The van der Waals surface area contributed by atoms with E-state index in [0.717, 1.165) is 50.2 Å². The molecule has 2 aromatic rings. The van der Waals surface area contributed by atoms with Crippen molar-refractivity contribution in [1.82, 2.24) is 29.9 Å². The second kappa shape index (κ2) is 12.8. The summed E-state index contributed by atoms with van der Waals surface area (Å²) in [6, 6.07) is 7.25. The lowest BCUT2D eigenvalue weighted by atomic mass is 10.0. The molecule has 0 unspecified atom stereocenters. The fourth-order valence-electron chi connectivity index (χ4n) is 5.58. The number of nitrogens with zero attached hydrogens (tertiary/aromatic N) is 4. The van der Waals surface area contributed by atoms with Crippen LogP contribution in [-0.2, 0) is 9.53 Å². The molecule has 37 heavy (non-hydrogen) atoms. The smallest absolute Gasteiger partial charge is 0.268 e. The van der Waals surface area contributed by atoms with Crippen LogP contribution in [0.5, 0.6) is 0 Å². The standard InChI is InChI=1S/C26H37ClN6O3.ClH/c1-30-6-4-21(5-7-30)32-8-10-33(11-9-32)26(35)24(18-31-12-14-36-15-13-31)29-25(34)23-17-19-16-20(27)2-3-22(19)28-23;/h2-3,16-17,21,24,28H,4-15,18H2,1H3,(H,29,34);1H/t24-;/m1./s1. The Morgan fingerprint density at radius 1 is 1.05 bits per heavy atom. The summed E-state index contributed by atoms with van der Waals surface area (Å²) in [4.78, 5) is 39.1. The Morgan fingerprint density at radius 3 is 2.46 bits per heavy atom. The van der Waals surface area contributed by atoms with Crippen molar-refractivity contribution >= 4 is 46.7 Å². The van der Waals surface area contributed by atoms with Gasteiger partial charge in [-0.15, -0.1) is 12.4 Å². The molecule has 3 aliphatic rings. The van der Waals surface area contributed by atoms with E-state index in [1.165, 1.54) is 12.8 Å². The monoisotopic (exact) mass is 552 g/mol. The minimum atomic E-state index is -0.611. The molecule has 0 spiro atoms. The molecule has 0 aliphatic carbocycles. The quantitative estimate of drug-likeness (QED) is 0.569. The van der Waals surface area contributed by atoms with Crippen LogP contribution in [0.4, 0.5) is 0 Å². The van der Waals surface area contributed by atoms with Gasteiger partial charge in [0.1, 0.15) is 11.7 Å². The van der Waals surface area contributed by atoms with Gasteiger partial charge in [-0.3, -0.25) is 19.4 Å². The number of hydrogen-bond donors (Lipinski definition) is 2. The van der Waals surface area contributed by atoms with Gasteiger partial charge in [0.05, 0.1) is 13.2 Å². The minimum Gasteiger partial charge on any atom is -0.379 e. The lowest BCUT2D eigenvalue weighted by molar-refractivity contribution is -0.136. The molecule has 9 nitrogen and oxygen atoms in total. The number of H-pyrrole nitrogens is 1.